The number of carboxylic acids is 1. The molecule has 0 radical (unpaired) electrons. The molecule has 1 amide bonds. The molecule has 1 atom stereocenters. The zero-order valence-electron chi connectivity index (χ0n) is 9.66. The first kappa shape index (κ1) is 13.2. The molecule has 0 aliphatic heterocycles. The van der Waals surface area contributed by atoms with Gasteiger partial charge in [0.05, 0.1) is 0 Å². The molecule has 0 bridgehead atoms. The van der Waals surface area contributed by atoms with Crippen molar-refractivity contribution in [2.24, 2.45) is 0 Å². The van der Waals surface area contributed by atoms with Crippen molar-refractivity contribution >= 4 is 11.9 Å². The number of amides is 1. The third-order valence-electron chi connectivity index (χ3n) is 2.53. The average molecular weight is 239 g/mol. The summed E-state index contributed by atoms with van der Waals surface area (Å²) in [6.45, 7) is 2.61. The number of carbonyl (C=O) groups excluding carboxylic acids is 1. The van der Waals surface area contributed by atoms with Crippen molar-refractivity contribution in [3.05, 3.63) is 34.9 Å². The summed E-state index contributed by atoms with van der Waals surface area (Å²) in [4.78, 5) is 22.2. The Morgan fingerprint density at radius 3 is 2.47 bits per heavy atom. The van der Waals surface area contributed by atoms with Gasteiger partial charge in [-0.1, -0.05) is 6.07 Å². The molecule has 92 valence electrons. The van der Waals surface area contributed by atoms with Crippen LogP contribution in [0, 0.1) is 13.8 Å². The van der Waals surface area contributed by atoms with E-state index in [0.717, 1.165) is 11.1 Å². The van der Waals surface area contributed by atoms with Crippen LogP contribution < -0.4 is 5.32 Å². The van der Waals surface area contributed by atoms with Gasteiger partial charge in [-0.05, 0) is 37.1 Å². The van der Waals surface area contributed by atoms with Crippen LogP contribution in [0.15, 0.2) is 18.2 Å². The van der Waals surface area contributed by atoms with E-state index in [1.165, 1.54) is 0 Å². The second-order valence-electron chi connectivity index (χ2n) is 3.82. The van der Waals surface area contributed by atoms with Crippen molar-refractivity contribution < 1.29 is 19.1 Å². The summed E-state index contributed by atoms with van der Waals surface area (Å²) in [7, 11) is 0. The molecule has 1 rings (SSSR count). The van der Waals surface area contributed by atoms with Gasteiger partial charge in [0.1, 0.15) is 6.67 Å². The summed E-state index contributed by atoms with van der Waals surface area (Å²) in [5.74, 6) is -1.97. The lowest BCUT2D eigenvalue weighted by Crippen LogP contribution is -2.42. The van der Waals surface area contributed by atoms with E-state index < -0.39 is 24.6 Å². The highest BCUT2D eigenvalue weighted by Gasteiger charge is 2.20. The van der Waals surface area contributed by atoms with Crippen LogP contribution in [0.25, 0.3) is 0 Å². The molecule has 1 aromatic carbocycles. The second-order valence-corrected chi connectivity index (χ2v) is 3.82. The molecule has 0 aliphatic rings. The molecule has 17 heavy (non-hydrogen) atoms. The first-order chi connectivity index (χ1) is 7.95. The lowest BCUT2D eigenvalue weighted by atomic mass is 10.1. The number of hydrogen-bond donors (Lipinski definition) is 2. The Hall–Kier alpha value is -1.91. The van der Waals surface area contributed by atoms with Crippen LogP contribution in [0.3, 0.4) is 0 Å². The number of benzene rings is 1. The molecule has 5 heteroatoms. The molecule has 2 N–H and O–H groups in total. The van der Waals surface area contributed by atoms with E-state index in [1.807, 2.05) is 13.8 Å². The van der Waals surface area contributed by atoms with Crippen molar-refractivity contribution in [2.45, 2.75) is 19.9 Å². The SMILES string of the molecule is Cc1ccc(C(=O)NC(CF)C(=O)O)cc1C. The maximum atomic E-state index is 12.3. The lowest BCUT2D eigenvalue weighted by molar-refractivity contribution is -0.139. The van der Waals surface area contributed by atoms with Gasteiger partial charge >= 0.3 is 5.97 Å². The van der Waals surface area contributed by atoms with E-state index in [4.69, 9.17) is 5.11 Å². The highest BCUT2D eigenvalue weighted by Crippen LogP contribution is 2.09. The maximum Gasteiger partial charge on any atom is 0.328 e. The van der Waals surface area contributed by atoms with E-state index >= 15 is 0 Å². The number of carboxylic acid groups (broad SMARTS) is 1. The van der Waals surface area contributed by atoms with Crippen LogP contribution in [0.1, 0.15) is 21.5 Å². The van der Waals surface area contributed by atoms with Crippen LogP contribution in [0.2, 0.25) is 0 Å². The molecule has 0 aliphatic carbocycles. The molecule has 0 saturated carbocycles. The fourth-order valence-electron chi connectivity index (χ4n) is 1.29. The van der Waals surface area contributed by atoms with Gasteiger partial charge in [-0.2, -0.15) is 0 Å². The highest BCUT2D eigenvalue weighted by molar-refractivity contribution is 5.96. The largest absolute Gasteiger partial charge is 0.480 e. The first-order valence-corrected chi connectivity index (χ1v) is 5.12. The van der Waals surface area contributed by atoms with Crippen molar-refractivity contribution in [3.63, 3.8) is 0 Å². The van der Waals surface area contributed by atoms with Gasteiger partial charge in [0.15, 0.2) is 6.04 Å². The number of aliphatic carboxylic acids is 1. The third-order valence-corrected chi connectivity index (χ3v) is 2.53. The first-order valence-electron chi connectivity index (χ1n) is 5.12. The average Bonchev–Trinajstić information content (AvgIpc) is 2.28. The van der Waals surface area contributed by atoms with Gasteiger partial charge in [0, 0.05) is 5.56 Å². The Balaban J connectivity index is 2.82. The van der Waals surface area contributed by atoms with Crippen LogP contribution in [-0.2, 0) is 4.79 Å². The van der Waals surface area contributed by atoms with Crippen LogP contribution in [0.5, 0.6) is 0 Å². The number of nitrogens with one attached hydrogen (secondary N) is 1. The zero-order chi connectivity index (χ0) is 13.0. The summed E-state index contributed by atoms with van der Waals surface area (Å²) < 4.78 is 12.3. The number of aryl methyl sites for hydroxylation is 2. The molecule has 0 saturated heterocycles. The van der Waals surface area contributed by atoms with Crippen LogP contribution in [-0.4, -0.2) is 29.7 Å². The maximum absolute atomic E-state index is 12.3. The second kappa shape index (κ2) is 5.43. The standard InChI is InChI=1S/C12H14FNO3/c1-7-3-4-9(5-8(7)2)11(15)14-10(6-13)12(16)17/h3-5,10H,6H2,1-2H3,(H,14,15)(H,16,17). The van der Waals surface area contributed by atoms with Crippen molar-refractivity contribution in [3.8, 4) is 0 Å². The molecule has 0 fully saturated rings. The molecule has 0 heterocycles. The molecular weight excluding hydrogens is 225 g/mol. The van der Waals surface area contributed by atoms with Gasteiger partial charge in [-0.15, -0.1) is 0 Å². The van der Waals surface area contributed by atoms with Crippen molar-refractivity contribution in [2.75, 3.05) is 6.67 Å². The predicted octanol–water partition coefficient (Wildman–Crippen LogP) is 1.46. The van der Waals surface area contributed by atoms with Crippen LogP contribution in [0.4, 0.5) is 4.39 Å². The Bertz CT molecular complexity index is 445. The van der Waals surface area contributed by atoms with E-state index in [9.17, 15) is 14.0 Å². The number of alkyl halides is 1. The minimum atomic E-state index is -1.50. The van der Waals surface area contributed by atoms with Gasteiger partial charge in [0.25, 0.3) is 5.91 Å². The van der Waals surface area contributed by atoms with Gasteiger partial charge < -0.3 is 10.4 Å². The molecule has 1 unspecified atom stereocenters. The molecule has 0 aromatic heterocycles. The molecule has 4 nitrogen and oxygen atoms in total. The fraction of sp³-hybridized carbons (Fsp3) is 0.333. The number of carbonyl (C=O) groups is 2. The Kier molecular flexibility index (Phi) is 4.20. The fourth-order valence-corrected chi connectivity index (χ4v) is 1.29. The zero-order valence-corrected chi connectivity index (χ0v) is 9.66. The van der Waals surface area contributed by atoms with Gasteiger partial charge in [-0.3, -0.25) is 4.79 Å². The Labute approximate surface area is 98.5 Å². The molecule has 0 spiro atoms. The van der Waals surface area contributed by atoms with E-state index in [2.05, 4.69) is 5.32 Å². The highest BCUT2D eigenvalue weighted by atomic mass is 19.1. The van der Waals surface area contributed by atoms with E-state index in [1.54, 1.807) is 18.2 Å². The summed E-state index contributed by atoms with van der Waals surface area (Å²) in [6.07, 6.45) is 0. The minimum Gasteiger partial charge on any atom is -0.480 e. The summed E-state index contributed by atoms with van der Waals surface area (Å²) >= 11 is 0. The molecular formula is C12H14FNO3. The Morgan fingerprint density at radius 1 is 1.35 bits per heavy atom. The summed E-state index contributed by atoms with van der Waals surface area (Å²) in [5, 5.41) is 10.7. The van der Waals surface area contributed by atoms with Crippen molar-refractivity contribution in [1.82, 2.24) is 5.32 Å². The summed E-state index contributed by atoms with van der Waals surface area (Å²) in [6, 6.07) is 3.48. The number of halogens is 1. The number of rotatable bonds is 4. The monoisotopic (exact) mass is 239 g/mol. The predicted molar refractivity (Wildman–Crippen MR) is 60.8 cm³/mol. The summed E-state index contributed by atoms with van der Waals surface area (Å²) in [5.41, 5.74) is 2.28. The molecule has 1 aromatic rings. The quantitative estimate of drug-likeness (QED) is 0.835. The Morgan fingerprint density at radius 2 is 2.00 bits per heavy atom. The third kappa shape index (κ3) is 3.27. The van der Waals surface area contributed by atoms with E-state index in [-0.39, 0.29) is 0 Å². The van der Waals surface area contributed by atoms with Gasteiger partial charge in [-0.25, -0.2) is 9.18 Å². The lowest BCUT2D eigenvalue weighted by Gasteiger charge is -2.11. The smallest absolute Gasteiger partial charge is 0.328 e. The van der Waals surface area contributed by atoms with Gasteiger partial charge in [0.2, 0.25) is 0 Å². The van der Waals surface area contributed by atoms with E-state index in [0.29, 0.717) is 5.56 Å². The minimum absolute atomic E-state index is 0.327. The number of hydrogen-bond acceptors (Lipinski definition) is 2. The van der Waals surface area contributed by atoms with Crippen LogP contribution >= 0.6 is 0 Å². The normalized spacial score (nSPS) is 11.9. The van der Waals surface area contributed by atoms with Crippen molar-refractivity contribution in [1.29, 1.82) is 0 Å². The topological polar surface area (TPSA) is 66.4 Å².